The van der Waals surface area contributed by atoms with Crippen molar-refractivity contribution in [3.8, 4) is 0 Å². The maximum absolute atomic E-state index is 13.8. The van der Waals surface area contributed by atoms with Crippen molar-refractivity contribution < 1.29 is 18.3 Å². The fourth-order valence-electron chi connectivity index (χ4n) is 2.74. The van der Waals surface area contributed by atoms with Gasteiger partial charge in [-0.1, -0.05) is 24.3 Å². The highest BCUT2D eigenvalue weighted by Crippen LogP contribution is 2.23. The van der Waals surface area contributed by atoms with Crippen LogP contribution in [-0.2, 0) is 9.47 Å². The minimum Gasteiger partial charge on any atom is -0.475 e. The number of ether oxygens (including phenoxy) is 2. The molecule has 0 unspecified atom stereocenters. The molecule has 0 spiro atoms. The van der Waals surface area contributed by atoms with Crippen molar-refractivity contribution in [1.29, 1.82) is 0 Å². The molecule has 4 rings (SSSR count). The van der Waals surface area contributed by atoms with Crippen LogP contribution < -0.4 is 0 Å². The molecule has 0 aliphatic carbocycles. The van der Waals surface area contributed by atoms with Crippen molar-refractivity contribution in [3.05, 3.63) is 71.3 Å². The highest BCUT2D eigenvalue weighted by atomic mass is 19.1. The average molecular weight is 328 g/mol. The fraction of sp³-hybridized carbons (Fsp3) is 0.222. The van der Waals surface area contributed by atoms with Crippen LogP contribution in [0.15, 0.2) is 58.5 Å². The van der Waals surface area contributed by atoms with E-state index in [2.05, 4.69) is 9.98 Å². The van der Waals surface area contributed by atoms with Gasteiger partial charge in [-0.2, -0.15) is 0 Å². The Balaban J connectivity index is 1.56. The number of nitrogens with zero attached hydrogens (tertiary/aromatic N) is 2. The molecule has 122 valence electrons. The predicted octanol–water partition coefficient (Wildman–Crippen LogP) is 2.96. The van der Waals surface area contributed by atoms with Crippen LogP contribution in [0.25, 0.3) is 0 Å². The van der Waals surface area contributed by atoms with E-state index in [-0.39, 0.29) is 35.5 Å². The Hall–Kier alpha value is -2.76. The Morgan fingerprint density at radius 1 is 0.708 bits per heavy atom. The molecule has 2 aromatic carbocycles. The van der Waals surface area contributed by atoms with Crippen molar-refractivity contribution in [2.75, 3.05) is 13.2 Å². The quantitative estimate of drug-likeness (QED) is 0.869. The van der Waals surface area contributed by atoms with Crippen molar-refractivity contribution in [3.63, 3.8) is 0 Å². The van der Waals surface area contributed by atoms with Crippen LogP contribution in [0, 0.1) is 11.6 Å². The van der Waals surface area contributed by atoms with Gasteiger partial charge in [-0.25, -0.2) is 18.8 Å². The second kappa shape index (κ2) is 6.03. The molecule has 2 aliphatic heterocycles. The summed E-state index contributed by atoms with van der Waals surface area (Å²) in [5.41, 5.74) is 0.662. The molecule has 0 radical (unpaired) electrons. The fourth-order valence-corrected chi connectivity index (χ4v) is 2.74. The second-order valence-electron chi connectivity index (χ2n) is 5.58. The van der Waals surface area contributed by atoms with Gasteiger partial charge in [0.05, 0.1) is 11.1 Å². The van der Waals surface area contributed by atoms with E-state index in [1.54, 1.807) is 36.4 Å². The van der Waals surface area contributed by atoms with Crippen LogP contribution in [0.5, 0.6) is 0 Å². The molecular formula is C18H14F2N2O2. The lowest BCUT2D eigenvalue weighted by Crippen LogP contribution is -2.25. The Morgan fingerprint density at radius 3 is 1.54 bits per heavy atom. The molecule has 2 aromatic rings. The number of hydrogen-bond donors (Lipinski definition) is 0. The van der Waals surface area contributed by atoms with Gasteiger partial charge in [0.2, 0.25) is 11.8 Å². The van der Waals surface area contributed by atoms with E-state index in [0.29, 0.717) is 24.3 Å². The van der Waals surface area contributed by atoms with Crippen LogP contribution in [0.2, 0.25) is 0 Å². The third-order valence-corrected chi connectivity index (χ3v) is 4.00. The Bertz CT molecular complexity index is 766. The molecular weight excluding hydrogens is 314 g/mol. The van der Waals surface area contributed by atoms with E-state index in [9.17, 15) is 8.78 Å². The largest absolute Gasteiger partial charge is 0.475 e. The Morgan fingerprint density at radius 2 is 1.12 bits per heavy atom. The molecule has 0 aromatic heterocycles. The van der Waals surface area contributed by atoms with Crippen molar-refractivity contribution in [2.24, 2.45) is 9.98 Å². The molecule has 2 atom stereocenters. The SMILES string of the molecule is Fc1ccccc1C1=N[C@@H]([C@H]2COC(c3ccccc3F)=N2)CO1. The highest BCUT2D eigenvalue weighted by Gasteiger charge is 2.33. The topological polar surface area (TPSA) is 43.2 Å². The number of hydrogen-bond acceptors (Lipinski definition) is 4. The van der Waals surface area contributed by atoms with Gasteiger partial charge in [-0.15, -0.1) is 0 Å². The van der Waals surface area contributed by atoms with E-state index in [1.165, 1.54) is 12.1 Å². The van der Waals surface area contributed by atoms with E-state index >= 15 is 0 Å². The standard InChI is InChI=1S/C18H14F2N2O2/c19-13-7-3-1-5-11(13)17-21-15(9-23-17)16-10-24-18(22-16)12-6-2-4-8-14(12)20/h1-8,15-16H,9-10H2/t15-,16-/m1/s1. The first kappa shape index (κ1) is 14.8. The first-order valence-corrected chi connectivity index (χ1v) is 7.63. The van der Waals surface area contributed by atoms with Gasteiger partial charge in [0, 0.05) is 0 Å². The molecule has 0 saturated heterocycles. The van der Waals surface area contributed by atoms with Gasteiger partial charge in [0.15, 0.2) is 0 Å². The van der Waals surface area contributed by atoms with Gasteiger partial charge in [-0.3, -0.25) is 0 Å². The molecule has 0 fully saturated rings. The van der Waals surface area contributed by atoms with E-state index < -0.39 is 0 Å². The van der Waals surface area contributed by atoms with Crippen LogP contribution in [0.3, 0.4) is 0 Å². The Kier molecular flexibility index (Phi) is 3.72. The third-order valence-electron chi connectivity index (χ3n) is 4.00. The van der Waals surface area contributed by atoms with Gasteiger partial charge in [0.1, 0.15) is 36.9 Å². The van der Waals surface area contributed by atoms with Crippen LogP contribution in [-0.4, -0.2) is 37.1 Å². The maximum Gasteiger partial charge on any atom is 0.219 e. The van der Waals surface area contributed by atoms with Gasteiger partial charge in [0.25, 0.3) is 0 Å². The lowest BCUT2D eigenvalue weighted by Gasteiger charge is -2.07. The lowest BCUT2D eigenvalue weighted by molar-refractivity contribution is 0.263. The third kappa shape index (κ3) is 2.64. The number of benzene rings is 2. The average Bonchev–Trinajstić information content (AvgIpc) is 3.25. The zero-order valence-corrected chi connectivity index (χ0v) is 12.7. The summed E-state index contributed by atoms with van der Waals surface area (Å²) in [5.74, 6) is -0.217. The normalized spacial score (nSPS) is 22.6. The smallest absolute Gasteiger partial charge is 0.219 e. The molecule has 2 heterocycles. The van der Waals surface area contributed by atoms with Crippen molar-refractivity contribution in [1.82, 2.24) is 0 Å². The summed E-state index contributed by atoms with van der Waals surface area (Å²) in [5, 5.41) is 0. The molecule has 2 aliphatic rings. The highest BCUT2D eigenvalue weighted by molar-refractivity contribution is 5.96. The molecule has 24 heavy (non-hydrogen) atoms. The maximum atomic E-state index is 13.8. The van der Waals surface area contributed by atoms with Crippen LogP contribution >= 0.6 is 0 Å². The molecule has 0 saturated carbocycles. The van der Waals surface area contributed by atoms with Crippen molar-refractivity contribution in [2.45, 2.75) is 12.1 Å². The number of halogens is 2. The monoisotopic (exact) mass is 328 g/mol. The van der Waals surface area contributed by atoms with Crippen LogP contribution in [0.4, 0.5) is 8.78 Å². The zero-order chi connectivity index (χ0) is 16.5. The minimum atomic E-state index is -0.380. The van der Waals surface area contributed by atoms with Gasteiger partial charge >= 0.3 is 0 Å². The van der Waals surface area contributed by atoms with Crippen molar-refractivity contribution >= 4 is 11.8 Å². The Labute approximate surface area is 137 Å². The molecule has 4 nitrogen and oxygen atoms in total. The number of rotatable bonds is 3. The predicted molar refractivity (Wildman–Crippen MR) is 85.4 cm³/mol. The first-order valence-electron chi connectivity index (χ1n) is 7.63. The van der Waals surface area contributed by atoms with E-state index in [0.717, 1.165) is 0 Å². The molecule has 0 bridgehead atoms. The van der Waals surface area contributed by atoms with Gasteiger partial charge in [-0.05, 0) is 24.3 Å². The number of aliphatic imine (C=N–C) groups is 2. The van der Waals surface area contributed by atoms with E-state index in [4.69, 9.17) is 9.47 Å². The molecule has 6 heteroatoms. The lowest BCUT2D eigenvalue weighted by atomic mass is 10.1. The van der Waals surface area contributed by atoms with Crippen LogP contribution in [0.1, 0.15) is 11.1 Å². The molecule has 0 N–H and O–H groups in total. The second-order valence-corrected chi connectivity index (χ2v) is 5.58. The summed E-state index contributed by atoms with van der Waals surface area (Å²) in [6.07, 6.45) is 0. The summed E-state index contributed by atoms with van der Waals surface area (Å²) in [6.45, 7) is 0.595. The summed E-state index contributed by atoms with van der Waals surface area (Å²) < 4.78 is 38.7. The van der Waals surface area contributed by atoms with E-state index in [1.807, 2.05) is 0 Å². The summed E-state index contributed by atoms with van der Waals surface area (Å²) >= 11 is 0. The summed E-state index contributed by atoms with van der Waals surface area (Å²) in [4.78, 5) is 8.85. The summed E-state index contributed by atoms with van der Waals surface area (Å²) in [6, 6.07) is 12.1. The first-order chi connectivity index (χ1) is 11.7. The summed E-state index contributed by atoms with van der Waals surface area (Å²) in [7, 11) is 0. The zero-order valence-electron chi connectivity index (χ0n) is 12.7. The minimum absolute atomic E-state index is 0.271. The molecule has 0 amide bonds. The van der Waals surface area contributed by atoms with Gasteiger partial charge < -0.3 is 9.47 Å².